The van der Waals surface area contributed by atoms with Gasteiger partial charge < -0.3 is 9.52 Å². The molecular formula is C27H20ClNO4. The predicted molar refractivity (Wildman–Crippen MR) is 128 cm³/mol. The van der Waals surface area contributed by atoms with Crippen molar-refractivity contribution in [2.75, 3.05) is 4.90 Å². The zero-order valence-corrected chi connectivity index (χ0v) is 18.8. The Bertz CT molecular complexity index is 1470. The van der Waals surface area contributed by atoms with E-state index >= 15 is 0 Å². The number of carbonyl (C=O) groups excluding carboxylic acids is 2. The molecule has 164 valence electrons. The van der Waals surface area contributed by atoms with E-state index in [4.69, 9.17) is 16.0 Å². The second-order valence-corrected chi connectivity index (χ2v) is 8.54. The van der Waals surface area contributed by atoms with Gasteiger partial charge in [0.25, 0.3) is 5.91 Å². The maximum atomic E-state index is 13.7. The van der Waals surface area contributed by atoms with Gasteiger partial charge in [-0.25, -0.2) is 0 Å². The standard InChI is InChI=1S/C27H20ClNO4/c1-15-7-3-5-9-19(15)24-23(25(30)22-14-17-13-18(28)11-12-21(17)33-22)26(31)27(32)29(24)20-10-6-4-8-16(20)2/h3-14,24,31H,1-2H3. The van der Waals surface area contributed by atoms with Crippen LogP contribution < -0.4 is 4.90 Å². The average Bonchev–Trinajstić information content (AvgIpc) is 3.33. The highest BCUT2D eigenvalue weighted by atomic mass is 35.5. The summed E-state index contributed by atoms with van der Waals surface area (Å²) in [7, 11) is 0. The van der Waals surface area contributed by atoms with Crippen LogP contribution in [0.25, 0.3) is 11.0 Å². The normalized spacial score (nSPS) is 16.2. The van der Waals surface area contributed by atoms with E-state index in [1.807, 2.05) is 62.4 Å². The molecule has 1 aliphatic heterocycles. The van der Waals surface area contributed by atoms with Gasteiger partial charge in [-0.1, -0.05) is 54.1 Å². The highest BCUT2D eigenvalue weighted by Crippen LogP contribution is 2.44. The van der Waals surface area contributed by atoms with Crippen molar-refractivity contribution < 1.29 is 19.1 Å². The lowest BCUT2D eigenvalue weighted by Crippen LogP contribution is -2.32. The Morgan fingerprint density at radius 3 is 2.39 bits per heavy atom. The van der Waals surface area contributed by atoms with Gasteiger partial charge in [-0.05, 0) is 60.9 Å². The molecule has 1 atom stereocenters. The van der Waals surface area contributed by atoms with Gasteiger partial charge in [-0.15, -0.1) is 0 Å². The Morgan fingerprint density at radius 2 is 1.67 bits per heavy atom. The van der Waals surface area contributed by atoms with Crippen LogP contribution >= 0.6 is 11.6 Å². The number of Topliss-reactive ketones (excluding diaryl/α,β-unsaturated/α-hetero) is 1. The van der Waals surface area contributed by atoms with E-state index in [0.717, 1.165) is 16.7 Å². The molecule has 0 saturated carbocycles. The first-order valence-corrected chi connectivity index (χ1v) is 10.9. The summed E-state index contributed by atoms with van der Waals surface area (Å²) in [5.74, 6) is -1.71. The molecule has 1 aliphatic rings. The fraction of sp³-hybridized carbons (Fsp3) is 0.111. The maximum absolute atomic E-state index is 13.7. The summed E-state index contributed by atoms with van der Waals surface area (Å²) in [5, 5.41) is 12.1. The molecule has 0 saturated heterocycles. The van der Waals surface area contributed by atoms with Crippen molar-refractivity contribution in [3.63, 3.8) is 0 Å². The largest absolute Gasteiger partial charge is 0.503 e. The van der Waals surface area contributed by atoms with Gasteiger partial charge >= 0.3 is 0 Å². The van der Waals surface area contributed by atoms with Crippen LogP contribution in [0, 0.1) is 13.8 Å². The molecule has 0 radical (unpaired) electrons. The second-order valence-electron chi connectivity index (χ2n) is 8.10. The Balaban J connectivity index is 1.70. The van der Waals surface area contributed by atoms with Crippen molar-refractivity contribution in [3.05, 3.63) is 112 Å². The van der Waals surface area contributed by atoms with E-state index in [0.29, 0.717) is 21.7 Å². The van der Waals surface area contributed by atoms with Crippen LogP contribution in [-0.2, 0) is 4.79 Å². The van der Waals surface area contributed by atoms with Gasteiger partial charge in [0, 0.05) is 16.1 Å². The van der Waals surface area contributed by atoms with Gasteiger partial charge in [0.05, 0.1) is 11.6 Å². The minimum atomic E-state index is -0.802. The van der Waals surface area contributed by atoms with Crippen LogP contribution in [0.4, 0.5) is 5.69 Å². The molecule has 0 fully saturated rings. The van der Waals surface area contributed by atoms with Crippen molar-refractivity contribution in [1.29, 1.82) is 0 Å². The van der Waals surface area contributed by atoms with Crippen molar-refractivity contribution in [2.45, 2.75) is 19.9 Å². The third-order valence-corrected chi connectivity index (χ3v) is 6.25. The Kier molecular flexibility index (Phi) is 5.06. The summed E-state index contributed by atoms with van der Waals surface area (Å²) in [4.78, 5) is 28.5. The molecule has 1 N–H and O–H groups in total. The van der Waals surface area contributed by atoms with Crippen molar-refractivity contribution in [3.8, 4) is 0 Å². The van der Waals surface area contributed by atoms with E-state index in [2.05, 4.69) is 0 Å². The summed E-state index contributed by atoms with van der Waals surface area (Å²) in [5.41, 5.74) is 3.61. The fourth-order valence-corrected chi connectivity index (χ4v) is 4.55. The fourth-order valence-electron chi connectivity index (χ4n) is 4.37. The molecule has 5 rings (SSSR count). The SMILES string of the molecule is Cc1ccccc1C1C(C(=O)c2cc3cc(Cl)ccc3o2)=C(O)C(=O)N1c1ccccc1C. The van der Waals surface area contributed by atoms with Gasteiger partial charge in [0.2, 0.25) is 5.78 Å². The topological polar surface area (TPSA) is 70.7 Å². The minimum Gasteiger partial charge on any atom is -0.503 e. The van der Waals surface area contributed by atoms with Crippen molar-refractivity contribution >= 4 is 39.9 Å². The lowest BCUT2D eigenvalue weighted by Gasteiger charge is -2.29. The molecule has 2 heterocycles. The van der Waals surface area contributed by atoms with E-state index < -0.39 is 23.5 Å². The molecule has 1 aromatic heterocycles. The maximum Gasteiger partial charge on any atom is 0.294 e. The number of aryl methyl sites for hydroxylation is 2. The molecule has 4 aromatic rings. The molecule has 1 unspecified atom stereocenters. The third-order valence-electron chi connectivity index (χ3n) is 6.01. The first kappa shape index (κ1) is 21.0. The number of hydrogen-bond acceptors (Lipinski definition) is 4. The van der Waals surface area contributed by atoms with E-state index in [1.54, 1.807) is 24.3 Å². The summed E-state index contributed by atoms with van der Waals surface area (Å²) in [6.07, 6.45) is 0. The lowest BCUT2D eigenvalue weighted by atomic mass is 9.91. The summed E-state index contributed by atoms with van der Waals surface area (Å²) in [6.45, 7) is 3.80. The van der Waals surface area contributed by atoms with Crippen molar-refractivity contribution in [1.82, 2.24) is 0 Å². The second kappa shape index (κ2) is 7.94. The number of amides is 1. The predicted octanol–water partition coefficient (Wildman–Crippen LogP) is 6.49. The van der Waals surface area contributed by atoms with E-state index in [1.165, 1.54) is 4.90 Å². The highest BCUT2D eigenvalue weighted by Gasteiger charge is 2.46. The number of anilines is 1. The summed E-state index contributed by atoms with van der Waals surface area (Å²) < 4.78 is 5.78. The van der Waals surface area contributed by atoms with Crippen LogP contribution in [0.1, 0.15) is 33.3 Å². The molecule has 0 spiro atoms. The van der Waals surface area contributed by atoms with Crippen LogP contribution in [0.2, 0.25) is 5.02 Å². The number of ketones is 1. The smallest absolute Gasteiger partial charge is 0.294 e. The molecular weight excluding hydrogens is 438 g/mol. The first-order valence-electron chi connectivity index (χ1n) is 10.5. The first-order chi connectivity index (χ1) is 15.9. The van der Waals surface area contributed by atoms with Gasteiger partial charge in [0.15, 0.2) is 11.5 Å². The molecule has 0 bridgehead atoms. The summed E-state index contributed by atoms with van der Waals surface area (Å²) in [6, 6.07) is 20.7. The molecule has 5 nitrogen and oxygen atoms in total. The number of benzene rings is 3. The monoisotopic (exact) mass is 457 g/mol. The van der Waals surface area contributed by atoms with Gasteiger partial charge in [0.1, 0.15) is 5.58 Å². The molecule has 1 amide bonds. The number of rotatable bonds is 4. The number of fused-ring (bicyclic) bond motifs is 1. The Morgan fingerprint density at radius 1 is 0.970 bits per heavy atom. The molecule has 3 aromatic carbocycles. The van der Waals surface area contributed by atoms with Crippen LogP contribution in [0.5, 0.6) is 0 Å². The zero-order valence-electron chi connectivity index (χ0n) is 18.0. The van der Waals surface area contributed by atoms with Crippen molar-refractivity contribution in [2.24, 2.45) is 0 Å². The third kappa shape index (κ3) is 3.41. The molecule has 6 heteroatoms. The Labute approximate surface area is 195 Å². The lowest BCUT2D eigenvalue weighted by molar-refractivity contribution is -0.117. The van der Waals surface area contributed by atoms with Crippen LogP contribution in [0.3, 0.4) is 0 Å². The molecule has 33 heavy (non-hydrogen) atoms. The number of hydrogen-bond donors (Lipinski definition) is 1. The van der Waals surface area contributed by atoms with Crippen LogP contribution in [-0.4, -0.2) is 16.8 Å². The minimum absolute atomic E-state index is 0.0114. The number of aliphatic hydroxyl groups is 1. The van der Waals surface area contributed by atoms with E-state index in [9.17, 15) is 14.7 Å². The van der Waals surface area contributed by atoms with E-state index in [-0.39, 0.29) is 11.3 Å². The summed E-state index contributed by atoms with van der Waals surface area (Å²) >= 11 is 6.07. The average molecular weight is 458 g/mol. The number of carbonyl (C=O) groups is 2. The number of para-hydroxylation sites is 1. The number of nitrogens with zero attached hydrogens (tertiary/aromatic N) is 1. The highest BCUT2D eigenvalue weighted by molar-refractivity contribution is 6.31. The quantitative estimate of drug-likeness (QED) is 0.356. The van der Waals surface area contributed by atoms with Crippen LogP contribution in [0.15, 0.2) is 88.5 Å². The Hall–Kier alpha value is -3.83. The van der Waals surface area contributed by atoms with Gasteiger partial charge in [-0.2, -0.15) is 0 Å². The number of halogens is 1. The number of furan rings is 1. The van der Waals surface area contributed by atoms with Gasteiger partial charge in [-0.3, -0.25) is 14.5 Å². The zero-order chi connectivity index (χ0) is 23.3. The number of aliphatic hydroxyl groups excluding tert-OH is 1. The molecule has 0 aliphatic carbocycles.